The van der Waals surface area contributed by atoms with Gasteiger partial charge in [-0.05, 0) is 79.8 Å². The zero-order chi connectivity index (χ0) is 26.7. The average Bonchev–Trinajstić information content (AvgIpc) is 2.89. The summed E-state index contributed by atoms with van der Waals surface area (Å²) in [5.41, 5.74) is 3.79. The molecule has 0 spiro atoms. The average molecular weight is 518 g/mol. The molecule has 0 radical (unpaired) electrons. The Balaban J connectivity index is 1.96. The number of aromatic nitrogens is 2. The molecule has 0 aliphatic heterocycles. The van der Waals surface area contributed by atoms with E-state index in [2.05, 4.69) is 25.9 Å². The van der Waals surface area contributed by atoms with Gasteiger partial charge in [-0.3, -0.25) is 4.79 Å². The van der Waals surface area contributed by atoms with E-state index in [1.165, 1.54) is 4.68 Å². The standard InChI is InChI=1S/C30H32ClN3O3/c1-7-20(5)37-27-13-12-22(31)15-21(27)17-32-34-29(33-26-11-9-8-10-23(26)30(34)35)25-16-24(18(2)3)28(36-6)14-19(25)4/h8-18,20H,7H2,1-6H3/t20-/m1/s1. The number of nitrogens with zero attached hydrogens (tertiary/aromatic N) is 3. The van der Waals surface area contributed by atoms with Gasteiger partial charge in [0.25, 0.3) is 5.56 Å². The van der Waals surface area contributed by atoms with Gasteiger partial charge in [0.15, 0.2) is 5.82 Å². The molecule has 0 N–H and O–H groups in total. The topological polar surface area (TPSA) is 65.7 Å². The van der Waals surface area contributed by atoms with Crippen LogP contribution in [0.5, 0.6) is 11.5 Å². The molecule has 0 unspecified atom stereocenters. The van der Waals surface area contributed by atoms with Gasteiger partial charge < -0.3 is 9.47 Å². The summed E-state index contributed by atoms with van der Waals surface area (Å²) in [4.78, 5) is 18.6. The molecule has 6 nitrogen and oxygen atoms in total. The van der Waals surface area contributed by atoms with Crippen LogP contribution in [0, 0.1) is 6.92 Å². The number of ether oxygens (including phenoxy) is 2. The number of halogens is 1. The number of methoxy groups -OCH3 is 1. The first-order valence-corrected chi connectivity index (χ1v) is 12.8. The molecule has 0 amide bonds. The lowest BCUT2D eigenvalue weighted by Gasteiger charge is -2.17. The Bertz CT molecular complexity index is 1530. The molecule has 192 valence electrons. The lowest BCUT2D eigenvalue weighted by atomic mass is 9.96. The Morgan fingerprint density at radius 2 is 1.84 bits per heavy atom. The van der Waals surface area contributed by atoms with Crippen molar-refractivity contribution in [3.8, 4) is 22.9 Å². The molecule has 37 heavy (non-hydrogen) atoms. The molecule has 1 heterocycles. The molecule has 3 aromatic carbocycles. The molecular formula is C30H32ClN3O3. The summed E-state index contributed by atoms with van der Waals surface area (Å²) >= 11 is 6.29. The van der Waals surface area contributed by atoms with Crippen LogP contribution in [0.3, 0.4) is 0 Å². The first-order chi connectivity index (χ1) is 17.7. The van der Waals surface area contributed by atoms with Crippen molar-refractivity contribution in [2.45, 2.75) is 53.1 Å². The van der Waals surface area contributed by atoms with Crippen LogP contribution in [-0.4, -0.2) is 29.1 Å². The molecule has 0 fully saturated rings. The van der Waals surface area contributed by atoms with Crippen LogP contribution < -0.4 is 15.0 Å². The van der Waals surface area contributed by atoms with Gasteiger partial charge in [0, 0.05) is 16.1 Å². The Morgan fingerprint density at radius 1 is 1.08 bits per heavy atom. The van der Waals surface area contributed by atoms with Gasteiger partial charge in [-0.2, -0.15) is 9.78 Å². The fourth-order valence-corrected chi connectivity index (χ4v) is 4.30. The van der Waals surface area contributed by atoms with Gasteiger partial charge in [0.1, 0.15) is 11.5 Å². The van der Waals surface area contributed by atoms with E-state index in [1.54, 1.807) is 31.5 Å². The second-order valence-electron chi connectivity index (χ2n) is 9.40. The normalized spacial score (nSPS) is 12.4. The highest BCUT2D eigenvalue weighted by atomic mass is 35.5. The van der Waals surface area contributed by atoms with E-state index in [4.69, 9.17) is 26.1 Å². The predicted molar refractivity (Wildman–Crippen MR) is 152 cm³/mol. The van der Waals surface area contributed by atoms with Crippen LogP contribution in [0.15, 0.2) is 64.5 Å². The van der Waals surface area contributed by atoms with Crippen LogP contribution >= 0.6 is 11.6 Å². The third kappa shape index (κ3) is 5.54. The first-order valence-electron chi connectivity index (χ1n) is 12.4. The number of benzene rings is 3. The molecule has 4 aromatic rings. The van der Waals surface area contributed by atoms with Crippen molar-refractivity contribution in [1.29, 1.82) is 0 Å². The van der Waals surface area contributed by atoms with Gasteiger partial charge >= 0.3 is 0 Å². The zero-order valence-corrected chi connectivity index (χ0v) is 22.8. The van der Waals surface area contributed by atoms with Crippen LogP contribution in [-0.2, 0) is 0 Å². The summed E-state index contributed by atoms with van der Waals surface area (Å²) in [6, 6.07) is 16.7. The number of hydrogen-bond donors (Lipinski definition) is 0. The second kappa shape index (κ2) is 11.2. The summed E-state index contributed by atoms with van der Waals surface area (Å²) in [5, 5.41) is 5.68. The minimum Gasteiger partial charge on any atom is -0.496 e. The summed E-state index contributed by atoms with van der Waals surface area (Å²) in [7, 11) is 1.67. The maximum absolute atomic E-state index is 13.7. The van der Waals surface area contributed by atoms with Crippen molar-refractivity contribution in [2.24, 2.45) is 5.10 Å². The maximum atomic E-state index is 13.7. The van der Waals surface area contributed by atoms with Crippen LogP contribution in [0.1, 0.15) is 56.7 Å². The fourth-order valence-electron chi connectivity index (χ4n) is 4.12. The van der Waals surface area contributed by atoms with Crippen LogP contribution in [0.2, 0.25) is 5.02 Å². The van der Waals surface area contributed by atoms with Crippen molar-refractivity contribution in [1.82, 2.24) is 9.66 Å². The lowest BCUT2D eigenvalue weighted by Crippen LogP contribution is -2.21. The maximum Gasteiger partial charge on any atom is 0.282 e. The van der Waals surface area contributed by atoms with Gasteiger partial charge in [-0.1, -0.05) is 44.5 Å². The quantitative estimate of drug-likeness (QED) is 0.231. The van der Waals surface area contributed by atoms with Gasteiger partial charge in [-0.25, -0.2) is 4.98 Å². The third-order valence-electron chi connectivity index (χ3n) is 6.38. The van der Waals surface area contributed by atoms with Crippen molar-refractivity contribution in [3.05, 3.63) is 86.7 Å². The number of para-hydroxylation sites is 1. The molecule has 7 heteroatoms. The minimum atomic E-state index is -0.260. The molecule has 0 bridgehead atoms. The monoisotopic (exact) mass is 517 g/mol. The molecule has 1 aromatic heterocycles. The van der Waals surface area contributed by atoms with Crippen LogP contribution in [0.4, 0.5) is 0 Å². The van der Waals surface area contributed by atoms with E-state index >= 15 is 0 Å². The molecule has 4 rings (SSSR count). The molecule has 0 aliphatic rings. The number of rotatable bonds is 8. The Morgan fingerprint density at radius 3 is 2.54 bits per heavy atom. The lowest BCUT2D eigenvalue weighted by molar-refractivity contribution is 0.217. The summed E-state index contributed by atoms with van der Waals surface area (Å²) < 4.78 is 13.1. The van der Waals surface area contributed by atoms with Gasteiger partial charge in [0.2, 0.25) is 0 Å². The van der Waals surface area contributed by atoms with E-state index in [1.807, 2.05) is 50.2 Å². The van der Waals surface area contributed by atoms with E-state index in [9.17, 15) is 4.79 Å². The van der Waals surface area contributed by atoms with E-state index in [0.717, 1.165) is 28.9 Å². The highest BCUT2D eigenvalue weighted by Gasteiger charge is 2.18. The van der Waals surface area contributed by atoms with Crippen molar-refractivity contribution >= 4 is 28.7 Å². The summed E-state index contributed by atoms with van der Waals surface area (Å²) in [5.74, 6) is 2.12. The fraction of sp³-hybridized carbons (Fsp3) is 0.300. The second-order valence-corrected chi connectivity index (χ2v) is 9.83. The van der Waals surface area contributed by atoms with Gasteiger partial charge in [-0.15, -0.1) is 0 Å². The van der Waals surface area contributed by atoms with E-state index < -0.39 is 0 Å². The zero-order valence-electron chi connectivity index (χ0n) is 22.1. The highest BCUT2D eigenvalue weighted by Crippen LogP contribution is 2.34. The number of fused-ring (bicyclic) bond motifs is 1. The number of hydrogen-bond acceptors (Lipinski definition) is 5. The largest absolute Gasteiger partial charge is 0.496 e. The SMILES string of the molecule is CC[C@@H](C)Oc1ccc(Cl)cc1C=Nn1c(-c2cc(C(C)C)c(OC)cc2C)nc2ccccc2c1=O. The van der Waals surface area contributed by atoms with Crippen molar-refractivity contribution in [3.63, 3.8) is 0 Å². The van der Waals surface area contributed by atoms with Crippen molar-refractivity contribution in [2.75, 3.05) is 7.11 Å². The molecule has 0 saturated carbocycles. The Kier molecular flexibility index (Phi) is 7.98. The predicted octanol–water partition coefficient (Wildman–Crippen LogP) is 7.22. The van der Waals surface area contributed by atoms with E-state index in [-0.39, 0.29) is 17.6 Å². The Labute approximate surface area is 222 Å². The molecular weight excluding hydrogens is 486 g/mol. The highest BCUT2D eigenvalue weighted by molar-refractivity contribution is 6.30. The molecule has 1 atom stereocenters. The van der Waals surface area contributed by atoms with E-state index in [0.29, 0.717) is 33.1 Å². The van der Waals surface area contributed by atoms with Gasteiger partial charge in [0.05, 0.1) is 30.3 Å². The Hall–Kier alpha value is -3.64. The van der Waals surface area contributed by atoms with Crippen LogP contribution in [0.25, 0.3) is 22.3 Å². The minimum absolute atomic E-state index is 0.0188. The summed E-state index contributed by atoms with van der Waals surface area (Å²) in [6.07, 6.45) is 2.48. The third-order valence-corrected chi connectivity index (χ3v) is 6.62. The molecule has 0 aliphatic carbocycles. The summed E-state index contributed by atoms with van der Waals surface area (Å²) in [6.45, 7) is 10.3. The first kappa shape index (κ1) is 26.4. The smallest absolute Gasteiger partial charge is 0.282 e. The van der Waals surface area contributed by atoms with Crippen molar-refractivity contribution < 1.29 is 9.47 Å². The molecule has 0 saturated heterocycles. The number of aryl methyl sites for hydroxylation is 1.